The van der Waals surface area contributed by atoms with E-state index in [0.717, 1.165) is 32.6 Å². The first-order valence-electron chi connectivity index (χ1n) is 9.53. The summed E-state index contributed by atoms with van der Waals surface area (Å²) in [6.45, 7) is 9.19. The van der Waals surface area contributed by atoms with Gasteiger partial charge in [0.25, 0.3) is 0 Å². The molecular weight excluding hydrogens is 344 g/mol. The molecule has 7 heteroatoms. The normalized spacial score (nSPS) is 16.6. The number of rotatable bonds is 8. The van der Waals surface area contributed by atoms with Gasteiger partial charge in [0.2, 0.25) is 11.8 Å². The monoisotopic (exact) mass is 374 g/mol. The Morgan fingerprint density at radius 3 is 2.11 bits per heavy atom. The molecule has 7 nitrogen and oxygen atoms in total. The van der Waals surface area contributed by atoms with Crippen LogP contribution in [0.5, 0.6) is 0 Å². The van der Waals surface area contributed by atoms with Crippen molar-refractivity contribution in [2.45, 2.75) is 33.2 Å². The van der Waals surface area contributed by atoms with E-state index in [0.29, 0.717) is 17.8 Å². The van der Waals surface area contributed by atoms with Crippen LogP contribution >= 0.6 is 0 Å². The molecule has 1 aliphatic heterocycles. The van der Waals surface area contributed by atoms with E-state index in [1.54, 1.807) is 24.3 Å². The fourth-order valence-electron chi connectivity index (χ4n) is 3.02. The Morgan fingerprint density at radius 2 is 1.56 bits per heavy atom. The van der Waals surface area contributed by atoms with Gasteiger partial charge in [0.15, 0.2) is 5.78 Å². The van der Waals surface area contributed by atoms with E-state index in [-0.39, 0.29) is 30.2 Å². The van der Waals surface area contributed by atoms with Crippen LogP contribution in [0, 0.1) is 0 Å². The molecule has 1 atom stereocenters. The summed E-state index contributed by atoms with van der Waals surface area (Å²) < 4.78 is 0. The first-order valence-corrected chi connectivity index (χ1v) is 9.53. The SMILES string of the molecule is CC[C@@H](C)NC(=O)CN1CCN(CC(=O)Nc2ccccc2C(C)=O)CC1. The fourth-order valence-corrected chi connectivity index (χ4v) is 3.02. The number of anilines is 1. The average Bonchev–Trinajstić information content (AvgIpc) is 2.63. The molecule has 1 saturated heterocycles. The van der Waals surface area contributed by atoms with Gasteiger partial charge in [0.05, 0.1) is 18.8 Å². The van der Waals surface area contributed by atoms with Crippen LogP contribution in [-0.2, 0) is 9.59 Å². The Bertz CT molecular complexity index is 669. The number of ketones is 1. The van der Waals surface area contributed by atoms with Crippen LogP contribution in [0.2, 0.25) is 0 Å². The summed E-state index contributed by atoms with van der Waals surface area (Å²) >= 11 is 0. The Kier molecular flexibility index (Phi) is 7.94. The smallest absolute Gasteiger partial charge is 0.238 e. The second kappa shape index (κ2) is 10.2. The van der Waals surface area contributed by atoms with Crippen molar-refractivity contribution < 1.29 is 14.4 Å². The van der Waals surface area contributed by atoms with Gasteiger partial charge in [-0.1, -0.05) is 19.1 Å². The van der Waals surface area contributed by atoms with Crippen LogP contribution < -0.4 is 10.6 Å². The molecule has 0 unspecified atom stereocenters. The zero-order chi connectivity index (χ0) is 19.8. The molecule has 2 amide bonds. The summed E-state index contributed by atoms with van der Waals surface area (Å²) in [5.74, 6) is -0.154. The van der Waals surface area contributed by atoms with Gasteiger partial charge in [-0.2, -0.15) is 0 Å². The number of nitrogens with zero attached hydrogens (tertiary/aromatic N) is 2. The van der Waals surface area contributed by atoms with E-state index >= 15 is 0 Å². The summed E-state index contributed by atoms with van der Waals surface area (Å²) in [6.07, 6.45) is 0.918. The second-order valence-corrected chi connectivity index (χ2v) is 7.08. The van der Waals surface area contributed by atoms with Crippen molar-refractivity contribution in [2.24, 2.45) is 0 Å². The molecule has 0 aromatic heterocycles. The lowest BCUT2D eigenvalue weighted by molar-refractivity contribution is -0.124. The van der Waals surface area contributed by atoms with E-state index < -0.39 is 0 Å². The summed E-state index contributed by atoms with van der Waals surface area (Å²) in [5, 5.41) is 5.81. The third-order valence-corrected chi connectivity index (χ3v) is 4.80. The Labute approximate surface area is 161 Å². The zero-order valence-electron chi connectivity index (χ0n) is 16.5. The number of para-hydroxylation sites is 1. The van der Waals surface area contributed by atoms with Gasteiger partial charge in [0.1, 0.15) is 0 Å². The highest BCUT2D eigenvalue weighted by atomic mass is 16.2. The van der Waals surface area contributed by atoms with Gasteiger partial charge in [-0.3, -0.25) is 24.2 Å². The van der Waals surface area contributed by atoms with Crippen LogP contribution in [0.25, 0.3) is 0 Å². The number of carbonyl (C=O) groups excluding carboxylic acids is 3. The van der Waals surface area contributed by atoms with Gasteiger partial charge in [-0.25, -0.2) is 0 Å². The molecular formula is C20H30N4O3. The van der Waals surface area contributed by atoms with Crippen molar-refractivity contribution in [3.63, 3.8) is 0 Å². The molecule has 0 saturated carbocycles. The number of piperazine rings is 1. The number of hydrogen-bond donors (Lipinski definition) is 2. The number of hydrogen-bond acceptors (Lipinski definition) is 5. The quantitative estimate of drug-likeness (QED) is 0.672. The van der Waals surface area contributed by atoms with Crippen molar-refractivity contribution in [2.75, 3.05) is 44.6 Å². The minimum absolute atomic E-state index is 0.0522. The Morgan fingerprint density at radius 1 is 1.00 bits per heavy atom. The maximum Gasteiger partial charge on any atom is 0.238 e. The molecule has 148 valence electrons. The third kappa shape index (κ3) is 6.77. The van der Waals surface area contributed by atoms with Gasteiger partial charge < -0.3 is 10.6 Å². The summed E-state index contributed by atoms with van der Waals surface area (Å²) in [7, 11) is 0. The van der Waals surface area contributed by atoms with Crippen molar-refractivity contribution in [3.05, 3.63) is 29.8 Å². The lowest BCUT2D eigenvalue weighted by atomic mass is 10.1. The molecule has 0 bridgehead atoms. The molecule has 27 heavy (non-hydrogen) atoms. The van der Waals surface area contributed by atoms with E-state index in [9.17, 15) is 14.4 Å². The Balaban J connectivity index is 1.76. The van der Waals surface area contributed by atoms with E-state index in [2.05, 4.69) is 20.4 Å². The molecule has 1 heterocycles. The van der Waals surface area contributed by atoms with E-state index in [1.165, 1.54) is 6.92 Å². The van der Waals surface area contributed by atoms with Crippen molar-refractivity contribution in [3.8, 4) is 0 Å². The van der Waals surface area contributed by atoms with Crippen LogP contribution in [0.1, 0.15) is 37.6 Å². The van der Waals surface area contributed by atoms with Crippen LogP contribution in [0.3, 0.4) is 0 Å². The van der Waals surface area contributed by atoms with Crippen LogP contribution in [0.15, 0.2) is 24.3 Å². The van der Waals surface area contributed by atoms with E-state index in [4.69, 9.17) is 0 Å². The molecule has 0 radical (unpaired) electrons. The molecule has 2 rings (SSSR count). The molecule has 0 aliphatic carbocycles. The molecule has 1 aromatic carbocycles. The van der Waals surface area contributed by atoms with Gasteiger partial charge in [-0.05, 0) is 32.4 Å². The number of benzene rings is 1. The highest BCUT2D eigenvalue weighted by Gasteiger charge is 2.21. The van der Waals surface area contributed by atoms with Gasteiger partial charge >= 0.3 is 0 Å². The minimum atomic E-state index is -0.133. The maximum absolute atomic E-state index is 12.3. The highest BCUT2D eigenvalue weighted by Crippen LogP contribution is 2.15. The minimum Gasteiger partial charge on any atom is -0.353 e. The van der Waals surface area contributed by atoms with Gasteiger partial charge in [0, 0.05) is 37.8 Å². The number of carbonyl (C=O) groups is 3. The second-order valence-electron chi connectivity index (χ2n) is 7.08. The molecule has 0 spiro atoms. The standard InChI is InChI=1S/C20H30N4O3/c1-4-15(2)21-19(26)13-23-9-11-24(12-10-23)14-20(27)22-18-8-6-5-7-17(18)16(3)25/h5-8,15H,4,9-14H2,1-3H3,(H,21,26)(H,22,27)/t15-/m1/s1. The highest BCUT2D eigenvalue weighted by molar-refractivity contribution is 6.04. The lowest BCUT2D eigenvalue weighted by Crippen LogP contribution is -2.51. The Hall–Kier alpha value is -2.25. The number of nitrogens with one attached hydrogen (secondary N) is 2. The lowest BCUT2D eigenvalue weighted by Gasteiger charge is -2.34. The topological polar surface area (TPSA) is 81.8 Å². The third-order valence-electron chi connectivity index (χ3n) is 4.80. The number of amides is 2. The van der Waals surface area contributed by atoms with E-state index in [1.807, 2.05) is 13.8 Å². The first-order chi connectivity index (χ1) is 12.9. The summed E-state index contributed by atoms with van der Waals surface area (Å²) in [4.78, 5) is 40.1. The predicted octanol–water partition coefficient (Wildman–Crippen LogP) is 1.36. The zero-order valence-corrected chi connectivity index (χ0v) is 16.5. The fraction of sp³-hybridized carbons (Fsp3) is 0.550. The predicted molar refractivity (Wildman–Crippen MR) is 106 cm³/mol. The largest absolute Gasteiger partial charge is 0.353 e. The first kappa shape index (κ1) is 21.1. The van der Waals surface area contributed by atoms with Crippen molar-refractivity contribution >= 4 is 23.3 Å². The van der Waals surface area contributed by atoms with Crippen LogP contribution in [0.4, 0.5) is 5.69 Å². The maximum atomic E-state index is 12.3. The molecule has 1 aliphatic rings. The summed E-state index contributed by atoms with van der Waals surface area (Å²) in [6, 6.07) is 7.22. The number of Topliss-reactive ketones (excluding diaryl/α,β-unsaturated/α-hetero) is 1. The van der Waals surface area contributed by atoms with Crippen LogP contribution in [-0.4, -0.2) is 72.7 Å². The average molecular weight is 374 g/mol. The summed E-state index contributed by atoms with van der Waals surface area (Å²) in [5.41, 5.74) is 1.07. The van der Waals surface area contributed by atoms with Crippen molar-refractivity contribution in [1.82, 2.24) is 15.1 Å². The van der Waals surface area contributed by atoms with Gasteiger partial charge in [-0.15, -0.1) is 0 Å². The molecule has 1 fully saturated rings. The molecule has 2 N–H and O–H groups in total. The van der Waals surface area contributed by atoms with Crippen molar-refractivity contribution in [1.29, 1.82) is 0 Å². The molecule has 1 aromatic rings.